The van der Waals surface area contributed by atoms with Crippen molar-refractivity contribution in [1.29, 1.82) is 5.26 Å². The number of carbonyl (C=O) groups is 1. The van der Waals surface area contributed by atoms with Crippen molar-refractivity contribution in [2.45, 2.75) is 26.7 Å². The number of nitriles is 1. The number of hydrogen-bond acceptors (Lipinski definition) is 3. The number of amides is 1. The molecule has 0 aliphatic rings. The van der Waals surface area contributed by atoms with Gasteiger partial charge in [0.05, 0.1) is 6.07 Å². The highest BCUT2D eigenvalue weighted by Gasteiger charge is 2.15. The van der Waals surface area contributed by atoms with E-state index >= 15 is 0 Å². The molecule has 0 aliphatic heterocycles. The summed E-state index contributed by atoms with van der Waals surface area (Å²) in [5.74, 6) is 0.261. The van der Waals surface area contributed by atoms with Crippen LogP contribution in [0.2, 0.25) is 0 Å². The van der Waals surface area contributed by atoms with Crippen molar-refractivity contribution in [3.8, 4) is 6.07 Å². The van der Waals surface area contributed by atoms with Gasteiger partial charge in [0.25, 0.3) is 0 Å². The zero-order valence-corrected chi connectivity index (χ0v) is 10.1. The molecule has 0 bridgehead atoms. The monoisotopic (exact) mass is 230 g/mol. The molecule has 0 spiro atoms. The van der Waals surface area contributed by atoms with E-state index in [2.05, 4.69) is 5.32 Å². The van der Waals surface area contributed by atoms with Gasteiger partial charge in [-0.1, -0.05) is 20.3 Å². The molecule has 0 saturated heterocycles. The van der Waals surface area contributed by atoms with Gasteiger partial charge in [-0.2, -0.15) is 5.26 Å². The molecule has 0 aliphatic carbocycles. The van der Waals surface area contributed by atoms with Crippen LogP contribution in [0.5, 0.6) is 0 Å². The zero-order chi connectivity index (χ0) is 11.7. The first-order valence-corrected chi connectivity index (χ1v) is 6.66. The number of nitrogens with one attached hydrogen (secondary N) is 1. The van der Waals surface area contributed by atoms with Crippen molar-refractivity contribution in [3.05, 3.63) is 0 Å². The fourth-order valence-corrected chi connectivity index (χ4v) is 1.72. The van der Waals surface area contributed by atoms with E-state index in [-0.39, 0.29) is 5.91 Å². The highest BCUT2D eigenvalue weighted by molar-refractivity contribution is 7.84. The van der Waals surface area contributed by atoms with Crippen molar-refractivity contribution in [2.75, 3.05) is 18.1 Å². The Kier molecular flexibility index (Phi) is 7.92. The Labute approximate surface area is 93.5 Å². The van der Waals surface area contributed by atoms with Crippen LogP contribution in [0.3, 0.4) is 0 Å². The van der Waals surface area contributed by atoms with Crippen molar-refractivity contribution in [1.82, 2.24) is 5.32 Å². The third-order valence-electron chi connectivity index (χ3n) is 2.00. The lowest BCUT2D eigenvalue weighted by molar-refractivity contribution is -0.123. The van der Waals surface area contributed by atoms with E-state index in [1.54, 1.807) is 0 Å². The summed E-state index contributed by atoms with van der Waals surface area (Å²) >= 11 is 0. The summed E-state index contributed by atoms with van der Waals surface area (Å²) in [6.07, 6.45) is 1.39. The van der Waals surface area contributed by atoms with Crippen molar-refractivity contribution in [2.24, 2.45) is 5.92 Å². The molecule has 4 nitrogen and oxygen atoms in total. The molecular formula is C10H18N2O2S. The zero-order valence-electron chi connectivity index (χ0n) is 9.28. The van der Waals surface area contributed by atoms with Crippen LogP contribution in [0.15, 0.2) is 0 Å². The third-order valence-corrected chi connectivity index (χ3v) is 3.30. The molecule has 15 heavy (non-hydrogen) atoms. The molecule has 86 valence electrons. The molecule has 0 radical (unpaired) electrons. The molecule has 0 aromatic heterocycles. The van der Waals surface area contributed by atoms with E-state index in [4.69, 9.17) is 5.26 Å². The molecule has 1 N–H and O–H groups in total. The largest absolute Gasteiger partial charge is 0.354 e. The number of nitrogens with zero attached hydrogens (tertiary/aromatic N) is 1. The summed E-state index contributed by atoms with van der Waals surface area (Å²) in [4.78, 5) is 11.4. The first-order valence-electron chi connectivity index (χ1n) is 5.18. The van der Waals surface area contributed by atoms with Crippen LogP contribution in [0.4, 0.5) is 0 Å². The average molecular weight is 230 g/mol. The Balaban J connectivity index is 3.82. The first kappa shape index (κ1) is 14.1. The highest BCUT2D eigenvalue weighted by atomic mass is 32.2. The van der Waals surface area contributed by atoms with Gasteiger partial charge in [-0.3, -0.25) is 9.00 Å². The lowest BCUT2D eigenvalue weighted by Gasteiger charge is -2.08. The molecule has 0 fully saturated rings. The Morgan fingerprint density at radius 1 is 1.53 bits per heavy atom. The Hall–Kier alpha value is -0.890. The minimum Gasteiger partial charge on any atom is -0.354 e. The first-order chi connectivity index (χ1) is 7.15. The van der Waals surface area contributed by atoms with Gasteiger partial charge in [-0.25, -0.2) is 0 Å². The normalized spacial score (nSPS) is 13.9. The topological polar surface area (TPSA) is 70.0 Å². The van der Waals surface area contributed by atoms with Gasteiger partial charge in [0.2, 0.25) is 5.91 Å². The molecular weight excluding hydrogens is 212 g/mol. The smallest absolute Gasteiger partial charge is 0.237 e. The van der Waals surface area contributed by atoms with E-state index in [9.17, 15) is 9.00 Å². The second kappa shape index (κ2) is 8.42. The van der Waals surface area contributed by atoms with E-state index in [1.165, 1.54) is 0 Å². The molecule has 0 heterocycles. The van der Waals surface area contributed by atoms with Gasteiger partial charge >= 0.3 is 0 Å². The quantitative estimate of drug-likeness (QED) is 0.703. The minimum atomic E-state index is -0.860. The molecule has 1 amide bonds. The lowest BCUT2D eigenvalue weighted by atomic mass is 10.1. The minimum absolute atomic E-state index is 0.243. The second-order valence-electron chi connectivity index (χ2n) is 3.19. The summed E-state index contributed by atoms with van der Waals surface area (Å²) < 4.78 is 11.1. The fourth-order valence-electron chi connectivity index (χ4n) is 1.10. The maximum Gasteiger partial charge on any atom is 0.237 e. The molecule has 0 saturated carbocycles. The van der Waals surface area contributed by atoms with E-state index < -0.39 is 16.7 Å². The van der Waals surface area contributed by atoms with Gasteiger partial charge < -0.3 is 5.32 Å². The molecule has 5 heteroatoms. The van der Waals surface area contributed by atoms with E-state index in [1.807, 2.05) is 19.9 Å². The van der Waals surface area contributed by atoms with Crippen LogP contribution in [0, 0.1) is 17.2 Å². The Bertz CT molecular complexity index is 261. The van der Waals surface area contributed by atoms with Crippen LogP contribution in [0.1, 0.15) is 26.7 Å². The van der Waals surface area contributed by atoms with Gasteiger partial charge in [0.1, 0.15) is 5.92 Å². The van der Waals surface area contributed by atoms with Crippen LogP contribution < -0.4 is 5.32 Å². The van der Waals surface area contributed by atoms with Crippen LogP contribution in [0.25, 0.3) is 0 Å². The van der Waals surface area contributed by atoms with Gasteiger partial charge in [-0.15, -0.1) is 0 Å². The molecule has 2 atom stereocenters. The molecule has 2 unspecified atom stereocenters. The van der Waals surface area contributed by atoms with E-state index in [0.29, 0.717) is 24.5 Å². The van der Waals surface area contributed by atoms with Gasteiger partial charge in [0.15, 0.2) is 0 Å². The predicted molar refractivity (Wildman–Crippen MR) is 60.6 cm³/mol. The van der Waals surface area contributed by atoms with Crippen LogP contribution in [-0.4, -0.2) is 28.2 Å². The average Bonchev–Trinajstić information content (AvgIpc) is 2.25. The van der Waals surface area contributed by atoms with Crippen LogP contribution in [-0.2, 0) is 15.6 Å². The molecule has 0 aromatic carbocycles. The summed E-state index contributed by atoms with van der Waals surface area (Å²) in [5.41, 5.74) is 0. The lowest BCUT2D eigenvalue weighted by Crippen LogP contribution is -2.33. The van der Waals surface area contributed by atoms with E-state index in [0.717, 1.165) is 6.42 Å². The van der Waals surface area contributed by atoms with Gasteiger partial charge in [0, 0.05) is 28.9 Å². The number of hydrogen-bond donors (Lipinski definition) is 1. The Morgan fingerprint density at radius 2 is 2.20 bits per heavy atom. The SMILES string of the molecule is CCCC(C#N)C(=O)NCCS(=O)CC. The van der Waals surface area contributed by atoms with Crippen molar-refractivity contribution in [3.63, 3.8) is 0 Å². The molecule has 0 rings (SSSR count). The second-order valence-corrected chi connectivity index (χ2v) is 5.06. The maximum absolute atomic E-state index is 11.4. The predicted octanol–water partition coefficient (Wildman–Crippen LogP) is 0.811. The Morgan fingerprint density at radius 3 is 2.67 bits per heavy atom. The van der Waals surface area contributed by atoms with Crippen LogP contribution >= 0.6 is 0 Å². The summed E-state index contributed by atoms with van der Waals surface area (Å²) in [5, 5.41) is 11.3. The standard InChI is InChI=1S/C10H18N2O2S/c1-3-5-9(8-11)10(13)12-6-7-15(14)4-2/h9H,3-7H2,1-2H3,(H,12,13). The summed E-state index contributed by atoms with van der Waals surface area (Å²) in [6.45, 7) is 4.16. The summed E-state index contributed by atoms with van der Waals surface area (Å²) in [7, 11) is -0.860. The summed E-state index contributed by atoms with van der Waals surface area (Å²) in [6, 6.07) is 1.97. The maximum atomic E-state index is 11.4. The highest BCUT2D eigenvalue weighted by Crippen LogP contribution is 2.04. The van der Waals surface area contributed by atoms with Crippen molar-refractivity contribution >= 4 is 16.7 Å². The number of carbonyl (C=O) groups excluding carboxylic acids is 1. The van der Waals surface area contributed by atoms with Crippen molar-refractivity contribution < 1.29 is 9.00 Å². The number of rotatable bonds is 7. The third kappa shape index (κ3) is 6.24. The van der Waals surface area contributed by atoms with Gasteiger partial charge in [-0.05, 0) is 6.42 Å². The fraction of sp³-hybridized carbons (Fsp3) is 0.800. The molecule has 0 aromatic rings.